The molecule has 0 radical (unpaired) electrons. The highest BCUT2D eigenvalue weighted by atomic mass is 32.2. The quantitative estimate of drug-likeness (QED) is 0.848. The summed E-state index contributed by atoms with van der Waals surface area (Å²) in [6.07, 6.45) is 2.85. The number of carbonyl (C=O) groups is 1. The van der Waals surface area contributed by atoms with E-state index < -0.39 is 0 Å². The lowest BCUT2D eigenvalue weighted by atomic mass is 9.88. The SMILES string of the molecule is CC.CC1(c2cccc(C(=O)N3CCCC(CO)C3)c2)CCSC(N)=N1. The molecule has 3 rings (SSSR count). The van der Waals surface area contributed by atoms with Crippen LogP contribution in [-0.4, -0.2) is 46.5 Å². The maximum Gasteiger partial charge on any atom is 0.253 e. The number of carbonyl (C=O) groups excluding carboxylic acids is 1. The largest absolute Gasteiger partial charge is 0.396 e. The molecule has 2 atom stereocenters. The Hall–Kier alpha value is -1.53. The first kappa shape index (κ1) is 20.8. The van der Waals surface area contributed by atoms with Crippen molar-refractivity contribution in [3.63, 3.8) is 0 Å². The van der Waals surface area contributed by atoms with E-state index >= 15 is 0 Å². The van der Waals surface area contributed by atoms with E-state index in [1.54, 1.807) is 11.8 Å². The molecule has 1 aromatic carbocycles. The third-order valence-electron chi connectivity index (χ3n) is 4.99. The van der Waals surface area contributed by atoms with Crippen LogP contribution in [0.3, 0.4) is 0 Å². The number of nitrogens with zero attached hydrogens (tertiary/aromatic N) is 2. The number of aliphatic imine (C=N–C) groups is 1. The molecule has 1 aromatic rings. The monoisotopic (exact) mass is 377 g/mol. The number of amidine groups is 1. The van der Waals surface area contributed by atoms with Crippen LogP contribution in [0.1, 0.15) is 56.0 Å². The molecule has 0 bridgehead atoms. The van der Waals surface area contributed by atoms with Gasteiger partial charge in [-0.15, -0.1) is 0 Å². The van der Waals surface area contributed by atoms with Gasteiger partial charge in [-0.3, -0.25) is 9.79 Å². The average Bonchev–Trinajstić information content (AvgIpc) is 2.69. The summed E-state index contributed by atoms with van der Waals surface area (Å²) in [7, 11) is 0. The van der Waals surface area contributed by atoms with Gasteiger partial charge in [-0.05, 0) is 49.8 Å². The Morgan fingerprint density at radius 3 is 2.92 bits per heavy atom. The minimum absolute atomic E-state index is 0.0423. The van der Waals surface area contributed by atoms with E-state index in [0.29, 0.717) is 17.3 Å². The number of likely N-dealkylation sites (tertiary alicyclic amines) is 1. The lowest BCUT2D eigenvalue weighted by Crippen LogP contribution is -2.41. The van der Waals surface area contributed by atoms with Crippen LogP contribution in [0.25, 0.3) is 0 Å². The van der Waals surface area contributed by atoms with Gasteiger partial charge in [-0.1, -0.05) is 37.7 Å². The number of hydrogen-bond donors (Lipinski definition) is 2. The molecular formula is C20H31N3O2S. The van der Waals surface area contributed by atoms with E-state index in [9.17, 15) is 9.90 Å². The van der Waals surface area contributed by atoms with Crippen molar-refractivity contribution >= 4 is 22.8 Å². The zero-order valence-electron chi connectivity index (χ0n) is 16.1. The Balaban J connectivity index is 0.00000117. The molecule has 2 aliphatic rings. The predicted molar refractivity (Wildman–Crippen MR) is 110 cm³/mol. The van der Waals surface area contributed by atoms with Gasteiger partial charge in [0.2, 0.25) is 0 Å². The zero-order chi connectivity index (χ0) is 19.2. The molecule has 2 aliphatic heterocycles. The van der Waals surface area contributed by atoms with E-state index in [4.69, 9.17) is 5.73 Å². The summed E-state index contributed by atoms with van der Waals surface area (Å²) in [5.41, 5.74) is 7.28. The summed E-state index contributed by atoms with van der Waals surface area (Å²) in [6, 6.07) is 7.77. The van der Waals surface area contributed by atoms with Crippen LogP contribution in [0.2, 0.25) is 0 Å². The average molecular weight is 378 g/mol. The molecule has 1 saturated heterocycles. The summed E-state index contributed by atoms with van der Waals surface area (Å²) >= 11 is 1.58. The van der Waals surface area contributed by atoms with Crippen molar-refractivity contribution in [1.82, 2.24) is 4.90 Å². The van der Waals surface area contributed by atoms with Crippen molar-refractivity contribution in [3.05, 3.63) is 35.4 Å². The van der Waals surface area contributed by atoms with E-state index in [-0.39, 0.29) is 24.0 Å². The summed E-state index contributed by atoms with van der Waals surface area (Å²) < 4.78 is 0. The van der Waals surface area contributed by atoms with Gasteiger partial charge in [-0.2, -0.15) is 0 Å². The van der Waals surface area contributed by atoms with Crippen LogP contribution < -0.4 is 5.73 Å². The number of aliphatic hydroxyl groups is 1. The smallest absolute Gasteiger partial charge is 0.253 e. The molecule has 26 heavy (non-hydrogen) atoms. The van der Waals surface area contributed by atoms with Gasteiger partial charge in [0.25, 0.3) is 5.91 Å². The first-order valence-electron chi connectivity index (χ1n) is 9.50. The minimum Gasteiger partial charge on any atom is -0.396 e. The van der Waals surface area contributed by atoms with Crippen molar-refractivity contribution in [3.8, 4) is 0 Å². The Kier molecular flexibility index (Phi) is 7.53. The van der Waals surface area contributed by atoms with E-state index in [1.165, 1.54) is 0 Å². The molecular weight excluding hydrogens is 346 g/mol. The Morgan fingerprint density at radius 1 is 1.46 bits per heavy atom. The number of benzene rings is 1. The van der Waals surface area contributed by atoms with Crippen molar-refractivity contribution in [2.45, 2.75) is 45.6 Å². The van der Waals surface area contributed by atoms with Crippen molar-refractivity contribution in [2.75, 3.05) is 25.4 Å². The van der Waals surface area contributed by atoms with Crippen molar-refractivity contribution in [1.29, 1.82) is 0 Å². The van der Waals surface area contributed by atoms with E-state index in [0.717, 1.165) is 37.1 Å². The first-order valence-corrected chi connectivity index (χ1v) is 10.5. The number of aliphatic hydroxyl groups excluding tert-OH is 1. The fraction of sp³-hybridized carbons (Fsp3) is 0.600. The molecule has 5 nitrogen and oxygen atoms in total. The predicted octanol–water partition coefficient (Wildman–Crippen LogP) is 3.22. The molecule has 6 heteroatoms. The standard InChI is InChI=1S/C18H25N3O2S.C2H6/c1-18(7-9-24-17(19)20-18)15-6-2-5-14(10-15)16(23)21-8-3-4-13(11-21)12-22;1-2/h2,5-6,10,13,22H,3-4,7-9,11-12H2,1H3,(H2,19,20);1-2H3. The molecule has 1 amide bonds. The number of amides is 1. The summed E-state index contributed by atoms with van der Waals surface area (Å²) in [5.74, 6) is 1.18. The third kappa shape index (κ3) is 4.80. The van der Waals surface area contributed by atoms with Crippen LogP contribution in [-0.2, 0) is 5.54 Å². The number of nitrogens with two attached hydrogens (primary N) is 1. The molecule has 2 unspecified atom stereocenters. The Labute approximate surface area is 161 Å². The van der Waals surface area contributed by atoms with Gasteiger partial charge >= 0.3 is 0 Å². The highest BCUT2D eigenvalue weighted by Gasteiger charge is 2.31. The highest BCUT2D eigenvalue weighted by Crippen LogP contribution is 2.35. The first-order chi connectivity index (χ1) is 12.5. The maximum absolute atomic E-state index is 12.8. The summed E-state index contributed by atoms with van der Waals surface area (Å²) in [4.78, 5) is 19.3. The van der Waals surface area contributed by atoms with Crippen LogP contribution in [0, 0.1) is 5.92 Å². The van der Waals surface area contributed by atoms with Crippen LogP contribution >= 0.6 is 11.8 Å². The van der Waals surface area contributed by atoms with Gasteiger partial charge in [0.15, 0.2) is 5.17 Å². The molecule has 0 aliphatic carbocycles. The molecule has 144 valence electrons. The van der Waals surface area contributed by atoms with E-state index in [1.807, 2.05) is 43.0 Å². The van der Waals surface area contributed by atoms with Gasteiger partial charge < -0.3 is 15.7 Å². The molecule has 0 aromatic heterocycles. The normalized spacial score (nSPS) is 25.8. The topological polar surface area (TPSA) is 78.9 Å². The molecule has 0 spiro atoms. The van der Waals surface area contributed by atoms with Gasteiger partial charge in [0.1, 0.15) is 0 Å². The van der Waals surface area contributed by atoms with Crippen molar-refractivity contribution < 1.29 is 9.90 Å². The van der Waals surface area contributed by atoms with Gasteiger partial charge in [-0.25, -0.2) is 0 Å². The Morgan fingerprint density at radius 2 is 2.23 bits per heavy atom. The minimum atomic E-state index is -0.360. The third-order valence-corrected chi connectivity index (χ3v) is 5.79. The number of hydrogen-bond acceptors (Lipinski definition) is 5. The van der Waals surface area contributed by atoms with E-state index in [2.05, 4.69) is 11.9 Å². The Bertz CT molecular complexity index is 650. The van der Waals surface area contributed by atoms with Gasteiger partial charge in [0, 0.05) is 31.0 Å². The summed E-state index contributed by atoms with van der Waals surface area (Å²) in [5, 5.41) is 9.98. The number of thioether (sulfide) groups is 1. The van der Waals surface area contributed by atoms with Crippen molar-refractivity contribution in [2.24, 2.45) is 16.6 Å². The second kappa shape index (κ2) is 9.42. The second-order valence-electron chi connectivity index (χ2n) is 6.85. The number of piperidine rings is 1. The highest BCUT2D eigenvalue weighted by molar-refractivity contribution is 8.13. The van der Waals surface area contributed by atoms with Crippen LogP contribution in [0.5, 0.6) is 0 Å². The summed E-state index contributed by atoms with van der Waals surface area (Å²) in [6.45, 7) is 7.62. The second-order valence-corrected chi connectivity index (χ2v) is 7.96. The number of rotatable bonds is 3. The fourth-order valence-electron chi connectivity index (χ4n) is 3.46. The molecule has 2 heterocycles. The molecule has 0 saturated carbocycles. The van der Waals surface area contributed by atoms with Gasteiger partial charge in [0.05, 0.1) is 5.54 Å². The molecule has 3 N–H and O–H groups in total. The lowest BCUT2D eigenvalue weighted by molar-refractivity contribution is 0.0620. The maximum atomic E-state index is 12.8. The lowest BCUT2D eigenvalue weighted by Gasteiger charge is -2.33. The fourth-order valence-corrected chi connectivity index (χ4v) is 4.44. The zero-order valence-corrected chi connectivity index (χ0v) is 16.9. The van der Waals surface area contributed by atoms with Crippen LogP contribution in [0.4, 0.5) is 0 Å². The van der Waals surface area contributed by atoms with Crippen LogP contribution in [0.15, 0.2) is 29.3 Å². The molecule has 1 fully saturated rings.